The van der Waals surface area contributed by atoms with Crippen molar-refractivity contribution in [2.75, 3.05) is 11.1 Å². The van der Waals surface area contributed by atoms with Crippen LogP contribution in [-0.4, -0.2) is 16.0 Å². The van der Waals surface area contributed by atoms with Crippen LogP contribution in [-0.2, 0) is 0 Å². The van der Waals surface area contributed by atoms with Crippen LogP contribution in [0.1, 0.15) is 15.9 Å². The van der Waals surface area contributed by atoms with E-state index in [1.165, 1.54) is 12.1 Å². The van der Waals surface area contributed by atoms with Crippen LogP contribution in [0.2, 0.25) is 0 Å². The minimum absolute atomic E-state index is 0.0728. The molecular weight excluding hydrogens is 264 g/mol. The Kier molecular flexibility index (Phi) is 3.41. The second-order valence-electron chi connectivity index (χ2n) is 3.04. The first-order valence-electron chi connectivity index (χ1n) is 4.11. The van der Waals surface area contributed by atoms with Gasteiger partial charge in [0.15, 0.2) is 5.78 Å². The van der Waals surface area contributed by atoms with Crippen LogP contribution in [0.15, 0.2) is 12.1 Å². The number of nitro benzene ring substituents is 1. The quantitative estimate of drug-likeness (QED) is 0.300. The molecule has 0 saturated heterocycles. The third kappa shape index (κ3) is 2.33. The fraction of sp³-hybridized carbons (Fsp3) is 0.222. The van der Waals surface area contributed by atoms with Gasteiger partial charge in [-0.3, -0.25) is 14.9 Å². The van der Waals surface area contributed by atoms with Crippen LogP contribution in [0.4, 0.5) is 11.4 Å². The lowest BCUT2D eigenvalue weighted by Gasteiger charge is -2.04. The summed E-state index contributed by atoms with van der Waals surface area (Å²) in [5, 5.41) is 10.7. The van der Waals surface area contributed by atoms with Gasteiger partial charge in [-0.05, 0) is 18.6 Å². The summed E-state index contributed by atoms with van der Waals surface area (Å²) in [5.74, 6) is -0.199. The van der Waals surface area contributed by atoms with Gasteiger partial charge < -0.3 is 5.73 Å². The highest BCUT2D eigenvalue weighted by Gasteiger charge is 2.17. The van der Waals surface area contributed by atoms with Crippen LogP contribution in [0.5, 0.6) is 0 Å². The molecule has 0 unspecified atom stereocenters. The van der Waals surface area contributed by atoms with Gasteiger partial charge in [-0.1, -0.05) is 15.9 Å². The molecule has 0 aliphatic carbocycles. The van der Waals surface area contributed by atoms with Gasteiger partial charge in [-0.25, -0.2) is 0 Å². The van der Waals surface area contributed by atoms with Crippen molar-refractivity contribution in [3.05, 3.63) is 33.4 Å². The Bertz CT molecular complexity index is 432. The molecule has 15 heavy (non-hydrogen) atoms. The lowest BCUT2D eigenvalue weighted by atomic mass is 10.0. The SMILES string of the molecule is Cc1cc(N)c([N+](=O)[O-])cc1C(=O)CBr. The maximum atomic E-state index is 11.4. The Balaban J connectivity index is 3.36. The highest BCUT2D eigenvalue weighted by atomic mass is 79.9. The molecule has 0 heterocycles. The Hall–Kier alpha value is -1.43. The van der Waals surface area contributed by atoms with E-state index in [1.807, 2.05) is 0 Å². The first-order chi connectivity index (χ1) is 6.97. The molecule has 0 radical (unpaired) electrons. The monoisotopic (exact) mass is 272 g/mol. The number of benzene rings is 1. The number of nitrogens with two attached hydrogens (primary N) is 1. The highest BCUT2D eigenvalue weighted by molar-refractivity contribution is 9.09. The molecule has 0 spiro atoms. The first-order valence-corrected chi connectivity index (χ1v) is 5.23. The summed E-state index contributed by atoms with van der Waals surface area (Å²) in [4.78, 5) is 21.4. The van der Waals surface area contributed by atoms with E-state index in [0.717, 1.165) is 0 Å². The second kappa shape index (κ2) is 4.39. The van der Waals surface area contributed by atoms with Crippen LogP contribution in [0.25, 0.3) is 0 Å². The number of rotatable bonds is 3. The Labute approximate surface area is 94.5 Å². The molecule has 1 aromatic rings. The van der Waals surface area contributed by atoms with E-state index in [9.17, 15) is 14.9 Å². The maximum Gasteiger partial charge on any atom is 0.292 e. The Morgan fingerprint density at radius 3 is 2.67 bits per heavy atom. The number of aryl methyl sites for hydroxylation is 1. The topological polar surface area (TPSA) is 86.2 Å². The van der Waals surface area contributed by atoms with Crippen molar-refractivity contribution in [1.29, 1.82) is 0 Å². The van der Waals surface area contributed by atoms with Crippen molar-refractivity contribution < 1.29 is 9.72 Å². The predicted octanol–water partition coefficient (Wildman–Crippen LogP) is 2.06. The fourth-order valence-electron chi connectivity index (χ4n) is 1.25. The van der Waals surface area contributed by atoms with Crippen LogP contribution >= 0.6 is 15.9 Å². The van der Waals surface area contributed by atoms with E-state index in [2.05, 4.69) is 15.9 Å². The average molecular weight is 273 g/mol. The Morgan fingerprint density at radius 1 is 1.60 bits per heavy atom. The van der Waals surface area contributed by atoms with Gasteiger partial charge >= 0.3 is 0 Å². The molecular formula is C9H9BrN2O3. The smallest absolute Gasteiger partial charge is 0.292 e. The average Bonchev–Trinajstić information content (AvgIpc) is 2.16. The van der Waals surface area contributed by atoms with Gasteiger partial charge in [0.1, 0.15) is 5.69 Å². The molecule has 0 fully saturated rings. The minimum Gasteiger partial charge on any atom is -0.393 e. The number of halogens is 1. The van der Waals surface area contributed by atoms with Crippen molar-refractivity contribution >= 4 is 33.1 Å². The number of hydrogen-bond donors (Lipinski definition) is 1. The normalized spacial score (nSPS) is 10.0. The molecule has 5 nitrogen and oxygen atoms in total. The van der Waals surface area contributed by atoms with Gasteiger partial charge in [0, 0.05) is 11.6 Å². The summed E-state index contributed by atoms with van der Waals surface area (Å²) in [6.07, 6.45) is 0. The van der Waals surface area contributed by atoms with Crippen molar-refractivity contribution in [3.63, 3.8) is 0 Å². The van der Waals surface area contributed by atoms with E-state index >= 15 is 0 Å². The van der Waals surface area contributed by atoms with Gasteiger partial charge in [-0.15, -0.1) is 0 Å². The summed E-state index contributed by atoms with van der Waals surface area (Å²) in [7, 11) is 0. The zero-order valence-corrected chi connectivity index (χ0v) is 9.58. The standard InChI is InChI=1S/C9H9BrN2O3/c1-5-2-7(11)8(12(14)15)3-6(5)9(13)4-10/h2-3H,4,11H2,1H3. The molecule has 6 heteroatoms. The molecule has 0 bridgehead atoms. The highest BCUT2D eigenvalue weighted by Crippen LogP contribution is 2.25. The summed E-state index contributed by atoms with van der Waals surface area (Å²) in [6.45, 7) is 1.69. The molecule has 0 amide bonds. The van der Waals surface area contributed by atoms with Crippen molar-refractivity contribution in [2.24, 2.45) is 0 Å². The number of Topliss-reactive ketones (excluding diaryl/α,β-unsaturated/α-hetero) is 1. The van der Waals surface area contributed by atoms with Crippen molar-refractivity contribution in [2.45, 2.75) is 6.92 Å². The molecule has 0 saturated carbocycles. The van der Waals surface area contributed by atoms with E-state index in [4.69, 9.17) is 5.73 Å². The van der Waals surface area contributed by atoms with Gasteiger partial charge in [-0.2, -0.15) is 0 Å². The van der Waals surface area contributed by atoms with Gasteiger partial charge in [0.05, 0.1) is 10.3 Å². The molecule has 0 aliphatic heterocycles. The molecule has 0 atom stereocenters. The number of nitro groups is 1. The second-order valence-corrected chi connectivity index (χ2v) is 3.60. The zero-order valence-electron chi connectivity index (χ0n) is 7.99. The van der Waals surface area contributed by atoms with Crippen molar-refractivity contribution in [1.82, 2.24) is 0 Å². The first kappa shape index (κ1) is 11.6. The van der Waals surface area contributed by atoms with Gasteiger partial charge in [0.2, 0.25) is 0 Å². The van der Waals surface area contributed by atoms with E-state index in [1.54, 1.807) is 6.92 Å². The van der Waals surface area contributed by atoms with Crippen LogP contribution < -0.4 is 5.73 Å². The number of hydrogen-bond acceptors (Lipinski definition) is 4. The third-order valence-electron chi connectivity index (χ3n) is 1.99. The largest absolute Gasteiger partial charge is 0.393 e. The van der Waals surface area contributed by atoms with E-state index in [-0.39, 0.29) is 22.5 Å². The molecule has 1 aromatic carbocycles. The molecule has 0 aliphatic rings. The number of nitrogen functional groups attached to an aromatic ring is 1. The number of nitrogens with zero attached hydrogens (tertiary/aromatic N) is 1. The zero-order chi connectivity index (χ0) is 11.6. The number of carbonyl (C=O) groups excluding carboxylic acids is 1. The number of anilines is 1. The number of alkyl halides is 1. The molecule has 2 N–H and O–H groups in total. The van der Waals surface area contributed by atoms with Crippen LogP contribution in [0.3, 0.4) is 0 Å². The predicted molar refractivity (Wildman–Crippen MR) is 60.4 cm³/mol. The fourth-order valence-corrected chi connectivity index (χ4v) is 1.55. The summed E-state index contributed by atoms with van der Waals surface area (Å²) in [5.41, 5.74) is 6.28. The maximum absolute atomic E-state index is 11.4. The number of ketones is 1. The molecule has 1 rings (SSSR count). The van der Waals surface area contributed by atoms with E-state index in [0.29, 0.717) is 11.1 Å². The minimum atomic E-state index is -0.597. The summed E-state index contributed by atoms with van der Waals surface area (Å²) in [6, 6.07) is 2.66. The number of carbonyl (C=O) groups is 1. The summed E-state index contributed by atoms with van der Waals surface area (Å²) >= 11 is 3.02. The molecule has 80 valence electrons. The van der Waals surface area contributed by atoms with E-state index < -0.39 is 4.92 Å². The Morgan fingerprint density at radius 2 is 2.20 bits per heavy atom. The van der Waals surface area contributed by atoms with Crippen LogP contribution in [0, 0.1) is 17.0 Å². The van der Waals surface area contributed by atoms with Crippen molar-refractivity contribution in [3.8, 4) is 0 Å². The lowest BCUT2D eigenvalue weighted by Crippen LogP contribution is -2.06. The third-order valence-corrected chi connectivity index (χ3v) is 2.50. The lowest BCUT2D eigenvalue weighted by molar-refractivity contribution is -0.383. The van der Waals surface area contributed by atoms with Gasteiger partial charge in [0.25, 0.3) is 5.69 Å². The summed E-state index contributed by atoms with van der Waals surface area (Å²) < 4.78 is 0. The molecule has 0 aromatic heterocycles.